The van der Waals surface area contributed by atoms with Crippen molar-refractivity contribution in [2.75, 3.05) is 13.2 Å². The first-order valence-electron chi connectivity index (χ1n) is 7.53. The van der Waals surface area contributed by atoms with E-state index < -0.39 is 0 Å². The van der Waals surface area contributed by atoms with Crippen LogP contribution in [0.1, 0.15) is 32.3 Å². The van der Waals surface area contributed by atoms with Crippen molar-refractivity contribution in [3.63, 3.8) is 0 Å². The third-order valence-electron chi connectivity index (χ3n) is 3.72. The number of hydrogen-bond acceptors (Lipinski definition) is 3. The molecule has 0 unspecified atom stereocenters. The molecule has 1 heterocycles. The van der Waals surface area contributed by atoms with Gasteiger partial charge in [-0.15, -0.1) is 0 Å². The molecule has 0 aliphatic carbocycles. The van der Waals surface area contributed by atoms with Gasteiger partial charge in [0, 0.05) is 6.54 Å². The monoisotopic (exact) mass is 289 g/mol. The summed E-state index contributed by atoms with van der Waals surface area (Å²) in [6.45, 7) is 5.90. The fraction of sp³-hybridized carbons (Fsp3) is 0.500. The van der Waals surface area contributed by atoms with Crippen molar-refractivity contribution in [1.82, 2.24) is 15.1 Å². The fourth-order valence-corrected chi connectivity index (χ4v) is 2.50. The van der Waals surface area contributed by atoms with Crippen LogP contribution < -0.4 is 5.32 Å². The van der Waals surface area contributed by atoms with Gasteiger partial charge in [0.15, 0.2) is 0 Å². The van der Waals surface area contributed by atoms with Gasteiger partial charge in [0.2, 0.25) is 0 Å². The van der Waals surface area contributed by atoms with Crippen LogP contribution in [0.5, 0.6) is 0 Å². The average Bonchev–Trinajstić information content (AvgIpc) is 2.75. The molecule has 114 valence electrons. The summed E-state index contributed by atoms with van der Waals surface area (Å²) in [5.74, 6) is -0.103. The maximum Gasteiger partial charge on any atom is 0.325 e. The standard InChI is InChI=1S/C16H23N3O2/c1-3-8-14-15(20)19(16(21)17-14)12-18(4-2)11-13-9-6-5-7-10-13/h5-7,9-10,14H,3-4,8,11-12H2,1-2H3,(H,17,21)/t14-/m0/s1. The van der Waals surface area contributed by atoms with Gasteiger partial charge in [-0.2, -0.15) is 0 Å². The number of imide groups is 1. The van der Waals surface area contributed by atoms with E-state index in [0.29, 0.717) is 13.1 Å². The molecule has 2 rings (SSSR count). The molecule has 1 fully saturated rings. The van der Waals surface area contributed by atoms with Crippen molar-refractivity contribution >= 4 is 11.9 Å². The first-order chi connectivity index (χ1) is 10.2. The molecule has 0 radical (unpaired) electrons. The van der Waals surface area contributed by atoms with E-state index in [2.05, 4.69) is 22.3 Å². The molecule has 0 saturated carbocycles. The highest BCUT2D eigenvalue weighted by Gasteiger charge is 2.37. The van der Waals surface area contributed by atoms with Gasteiger partial charge >= 0.3 is 6.03 Å². The van der Waals surface area contributed by atoms with E-state index in [1.165, 1.54) is 10.5 Å². The lowest BCUT2D eigenvalue weighted by Gasteiger charge is -2.25. The lowest BCUT2D eigenvalue weighted by molar-refractivity contribution is -0.129. The molecule has 1 aromatic rings. The molecule has 0 spiro atoms. The molecule has 1 saturated heterocycles. The van der Waals surface area contributed by atoms with Crippen molar-refractivity contribution in [2.24, 2.45) is 0 Å². The molecule has 0 bridgehead atoms. The van der Waals surface area contributed by atoms with Gasteiger partial charge < -0.3 is 5.32 Å². The van der Waals surface area contributed by atoms with Crippen LogP contribution in [-0.4, -0.2) is 41.0 Å². The number of amides is 3. The van der Waals surface area contributed by atoms with Gasteiger partial charge in [-0.05, 0) is 18.5 Å². The second-order valence-electron chi connectivity index (χ2n) is 5.33. The largest absolute Gasteiger partial charge is 0.326 e. The van der Waals surface area contributed by atoms with Gasteiger partial charge in [-0.3, -0.25) is 9.69 Å². The SMILES string of the molecule is CCC[C@@H]1NC(=O)N(CN(CC)Cc2ccccc2)C1=O. The Morgan fingerprint density at radius 3 is 2.52 bits per heavy atom. The van der Waals surface area contributed by atoms with Crippen LogP contribution in [0.2, 0.25) is 0 Å². The van der Waals surface area contributed by atoms with Gasteiger partial charge in [-0.1, -0.05) is 50.6 Å². The molecule has 5 heteroatoms. The minimum absolute atomic E-state index is 0.103. The van der Waals surface area contributed by atoms with Gasteiger partial charge in [0.1, 0.15) is 6.04 Å². The molecule has 5 nitrogen and oxygen atoms in total. The second-order valence-corrected chi connectivity index (χ2v) is 5.33. The van der Waals surface area contributed by atoms with Crippen LogP contribution in [0.4, 0.5) is 4.79 Å². The predicted octanol–water partition coefficient (Wildman–Crippen LogP) is 2.19. The zero-order chi connectivity index (χ0) is 15.2. The maximum absolute atomic E-state index is 12.2. The smallest absolute Gasteiger partial charge is 0.325 e. The summed E-state index contributed by atoms with van der Waals surface area (Å²) < 4.78 is 0. The van der Waals surface area contributed by atoms with Crippen LogP contribution in [0.3, 0.4) is 0 Å². The third kappa shape index (κ3) is 3.82. The van der Waals surface area contributed by atoms with Gasteiger partial charge in [0.25, 0.3) is 5.91 Å². The Kier molecular flexibility index (Phi) is 5.33. The number of nitrogens with zero attached hydrogens (tertiary/aromatic N) is 2. The Bertz CT molecular complexity index is 490. The van der Waals surface area contributed by atoms with Gasteiger partial charge in [-0.25, -0.2) is 9.69 Å². The Hall–Kier alpha value is -1.88. The van der Waals surface area contributed by atoms with Crippen molar-refractivity contribution in [3.8, 4) is 0 Å². The molecular formula is C16H23N3O2. The van der Waals surface area contributed by atoms with Crippen LogP contribution >= 0.6 is 0 Å². The number of urea groups is 1. The number of benzene rings is 1. The molecule has 0 aromatic heterocycles. The predicted molar refractivity (Wildman–Crippen MR) is 81.5 cm³/mol. The highest BCUT2D eigenvalue weighted by Crippen LogP contribution is 2.13. The number of nitrogens with one attached hydrogen (secondary N) is 1. The normalized spacial score (nSPS) is 18.4. The van der Waals surface area contributed by atoms with Crippen LogP contribution in [0, 0.1) is 0 Å². The maximum atomic E-state index is 12.2. The lowest BCUT2D eigenvalue weighted by atomic mass is 10.2. The van der Waals surface area contributed by atoms with E-state index in [4.69, 9.17) is 0 Å². The highest BCUT2D eigenvalue weighted by atomic mass is 16.2. The Labute approximate surface area is 125 Å². The van der Waals surface area contributed by atoms with E-state index in [-0.39, 0.29) is 18.0 Å². The van der Waals surface area contributed by atoms with Gasteiger partial charge in [0.05, 0.1) is 6.67 Å². The van der Waals surface area contributed by atoms with E-state index >= 15 is 0 Å². The summed E-state index contributed by atoms with van der Waals surface area (Å²) in [5.41, 5.74) is 1.18. The summed E-state index contributed by atoms with van der Waals surface area (Å²) >= 11 is 0. The molecule has 1 aromatic carbocycles. The molecule has 1 aliphatic rings. The summed E-state index contributed by atoms with van der Waals surface area (Å²) in [4.78, 5) is 27.6. The fourth-order valence-electron chi connectivity index (χ4n) is 2.50. The first-order valence-corrected chi connectivity index (χ1v) is 7.53. The third-order valence-corrected chi connectivity index (χ3v) is 3.72. The van der Waals surface area contributed by atoms with E-state index in [1.807, 2.05) is 32.0 Å². The molecule has 1 N–H and O–H groups in total. The molecule has 3 amide bonds. The van der Waals surface area contributed by atoms with E-state index in [0.717, 1.165) is 19.5 Å². The number of rotatable bonds is 7. The summed E-state index contributed by atoms with van der Waals surface area (Å²) in [7, 11) is 0. The quantitative estimate of drug-likeness (QED) is 0.783. The summed E-state index contributed by atoms with van der Waals surface area (Å²) in [6, 6.07) is 9.44. The van der Waals surface area contributed by atoms with Crippen molar-refractivity contribution in [1.29, 1.82) is 0 Å². The van der Waals surface area contributed by atoms with Crippen LogP contribution in [-0.2, 0) is 11.3 Å². The number of carbonyl (C=O) groups is 2. The van der Waals surface area contributed by atoms with Crippen molar-refractivity contribution in [2.45, 2.75) is 39.3 Å². The number of hydrogen-bond donors (Lipinski definition) is 1. The average molecular weight is 289 g/mol. The minimum atomic E-state index is -0.349. The Morgan fingerprint density at radius 2 is 1.90 bits per heavy atom. The van der Waals surface area contributed by atoms with Crippen LogP contribution in [0.15, 0.2) is 30.3 Å². The summed E-state index contributed by atoms with van der Waals surface area (Å²) in [5, 5.41) is 2.76. The summed E-state index contributed by atoms with van der Waals surface area (Å²) in [6.07, 6.45) is 1.58. The van der Waals surface area contributed by atoms with E-state index in [1.54, 1.807) is 0 Å². The van der Waals surface area contributed by atoms with Crippen molar-refractivity contribution in [3.05, 3.63) is 35.9 Å². The second kappa shape index (κ2) is 7.22. The molecular weight excluding hydrogens is 266 g/mol. The Morgan fingerprint density at radius 1 is 1.19 bits per heavy atom. The zero-order valence-electron chi connectivity index (χ0n) is 12.7. The van der Waals surface area contributed by atoms with Crippen LogP contribution in [0.25, 0.3) is 0 Å². The lowest BCUT2D eigenvalue weighted by Crippen LogP contribution is -2.41. The van der Waals surface area contributed by atoms with Crippen molar-refractivity contribution < 1.29 is 9.59 Å². The Balaban J connectivity index is 1.98. The topological polar surface area (TPSA) is 52.7 Å². The molecule has 1 aliphatic heterocycles. The molecule has 1 atom stereocenters. The molecule has 21 heavy (non-hydrogen) atoms. The zero-order valence-corrected chi connectivity index (χ0v) is 12.7. The highest BCUT2D eigenvalue weighted by molar-refractivity contribution is 6.04. The minimum Gasteiger partial charge on any atom is -0.326 e. The number of carbonyl (C=O) groups excluding carboxylic acids is 2. The van der Waals surface area contributed by atoms with E-state index in [9.17, 15) is 9.59 Å². The first kappa shape index (κ1) is 15.5.